The smallest absolute Gasteiger partial charge is 0.182 e. The van der Waals surface area contributed by atoms with Crippen molar-refractivity contribution in [2.24, 2.45) is 5.10 Å². The molecule has 3 nitrogen and oxygen atoms in total. The van der Waals surface area contributed by atoms with Crippen LogP contribution in [0.15, 0.2) is 23.4 Å². The molecule has 1 aromatic rings. The highest BCUT2D eigenvalue weighted by molar-refractivity contribution is 5.89. The average Bonchev–Trinajstić information content (AvgIpc) is 2.05. The zero-order valence-corrected chi connectivity index (χ0v) is 7.13. The third kappa shape index (κ3) is 1.83. The van der Waals surface area contributed by atoms with Gasteiger partial charge in [0.1, 0.15) is 0 Å². The molecule has 1 heterocycles. The number of hydrogen-bond acceptors (Lipinski definition) is 3. The molecule has 0 aliphatic heterocycles. The fourth-order valence-electron chi connectivity index (χ4n) is 1.05. The van der Waals surface area contributed by atoms with Crippen molar-refractivity contribution in [2.45, 2.75) is 19.3 Å². The van der Waals surface area contributed by atoms with Crippen molar-refractivity contribution >= 4 is 11.5 Å². The Bertz CT molecular complexity index is 329. The number of nitrogens with one attached hydrogen (secondary N) is 1. The molecule has 1 aromatic heterocycles. The summed E-state index contributed by atoms with van der Waals surface area (Å²) in [6.45, 7) is 0. The Hall–Kier alpha value is -1.45. The summed E-state index contributed by atoms with van der Waals surface area (Å²) in [7, 11) is 0. The SMILES string of the molecule is Fc1cccnc1NN=C1CCC1. The molecule has 0 radical (unpaired) electrons. The Kier molecular flexibility index (Phi) is 2.21. The summed E-state index contributed by atoms with van der Waals surface area (Å²) >= 11 is 0. The minimum absolute atomic E-state index is 0.196. The van der Waals surface area contributed by atoms with Crippen LogP contribution >= 0.6 is 0 Å². The number of halogens is 1. The average molecular weight is 179 g/mol. The fourth-order valence-corrected chi connectivity index (χ4v) is 1.05. The maximum atomic E-state index is 13.0. The third-order valence-corrected chi connectivity index (χ3v) is 2.01. The van der Waals surface area contributed by atoms with Gasteiger partial charge in [-0.05, 0) is 31.4 Å². The first-order valence-electron chi connectivity index (χ1n) is 4.28. The Labute approximate surface area is 75.7 Å². The predicted molar refractivity (Wildman–Crippen MR) is 49.1 cm³/mol. The number of pyridine rings is 1. The van der Waals surface area contributed by atoms with Gasteiger partial charge in [0, 0.05) is 11.9 Å². The van der Waals surface area contributed by atoms with Crippen LogP contribution < -0.4 is 5.43 Å². The maximum Gasteiger partial charge on any atom is 0.182 e. The van der Waals surface area contributed by atoms with E-state index < -0.39 is 0 Å². The summed E-state index contributed by atoms with van der Waals surface area (Å²) in [6, 6.07) is 2.91. The molecule has 0 atom stereocenters. The number of nitrogens with zero attached hydrogens (tertiary/aromatic N) is 2. The highest BCUT2D eigenvalue weighted by Crippen LogP contribution is 2.15. The van der Waals surface area contributed by atoms with Crippen LogP contribution in [0.5, 0.6) is 0 Å². The first-order chi connectivity index (χ1) is 6.36. The van der Waals surface area contributed by atoms with Crippen molar-refractivity contribution < 1.29 is 4.39 Å². The Morgan fingerprint density at radius 1 is 1.46 bits per heavy atom. The highest BCUT2D eigenvalue weighted by Gasteiger charge is 2.10. The van der Waals surface area contributed by atoms with Crippen molar-refractivity contribution in [1.29, 1.82) is 0 Å². The number of hydrogen-bond donors (Lipinski definition) is 1. The molecule has 0 spiro atoms. The van der Waals surface area contributed by atoms with Crippen molar-refractivity contribution in [3.8, 4) is 0 Å². The van der Waals surface area contributed by atoms with Crippen LogP contribution in [0, 0.1) is 5.82 Å². The first kappa shape index (κ1) is 8.16. The molecule has 0 saturated heterocycles. The molecule has 13 heavy (non-hydrogen) atoms. The van der Waals surface area contributed by atoms with Gasteiger partial charge in [-0.3, -0.25) is 5.43 Å². The Morgan fingerprint density at radius 3 is 2.92 bits per heavy atom. The van der Waals surface area contributed by atoms with Crippen LogP contribution in [-0.4, -0.2) is 10.7 Å². The van der Waals surface area contributed by atoms with Crippen LogP contribution in [0.2, 0.25) is 0 Å². The van der Waals surface area contributed by atoms with E-state index in [1.54, 1.807) is 6.07 Å². The molecule has 4 heteroatoms. The van der Waals surface area contributed by atoms with E-state index in [0.717, 1.165) is 18.6 Å². The lowest BCUT2D eigenvalue weighted by atomic mass is 9.98. The van der Waals surface area contributed by atoms with Crippen molar-refractivity contribution in [3.05, 3.63) is 24.1 Å². The number of anilines is 1. The molecule has 0 bridgehead atoms. The van der Waals surface area contributed by atoms with Gasteiger partial charge in [-0.25, -0.2) is 9.37 Å². The van der Waals surface area contributed by atoms with Gasteiger partial charge in [-0.2, -0.15) is 5.10 Å². The van der Waals surface area contributed by atoms with Crippen LogP contribution in [-0.2, 0) is 0 Å². The number of hydrazone groups is 1. The van der Waals surface area contributed by atoms with E-state index in [4.69, 9.17) is 0 Å². The summed E-state index contributed by atoms with van der Waals surface area (Å²) in [5, 5.41) is 4.02. The van der Waals surface area contributed by atoms with Gasteiger partial charge in [0.25, 0.3) is 0 Å². The summed E-state index contributed by atoms with van der Waals surface area (Å²) < 4.78 is 13.0. The second kappa shape index (κ2) is 3.51. The molecular weight excluding hydrogens is 169 g/mol. The molecule has 68 valence electrons. The van der Waals surface area contributed by atoms with Gasteiger partial charge in [0.15, 0.2) is 11.6 Å². The standard InChI is InChI=1S/C9H10FN3/c10-8-5-2-6-11-9(8)13-12-7-3-1-4-7/h2,5-6H,1,3-4H2,(H,11,13). The topological polar surface area (TPSA) is 37.3 Å². The minimum atomic E-state index is -0.369. The van der Waals surface area contributed by atoms with E-state index >= 15 is 0 Å². The predicted octanol–water partition coefficient (Wildman–Crippen LogP) is 2.17. The molecular formula is C9H10FN3. The lowest BCUT2D eigenvalue weighted by molar-refractivity contribution is 0.624. The van der Waals surface area contributed by atoms with Gasteiger partial charge < -0.3 is 0 Å². The molecule has 0 unspecified atom stereocenters. The molecule has 1 fully saturated rings. The van der Waals surface area contributed by atoms with Crippen LogP contribution in [0.4, 0.5) is 10.2 Å². The largest absolute Gasteiger partial charge is 0.259 e. The summed E-state index contributed by atoms with van der Waals surface area (Å²) in [6.07, 6.45) is 4.75. The molecule has 1 saturated carbocycles. The number of rotatable bonds is 2. The summed E-state index contributed by atoms with van der Waals surface area (Å²) in [5.41, 5.74) is 3.70. The zero-order chi connectivity index (χ0) is 9.10. The van der Waals surface area contributed by atoms with Gasteiger partial charge in [0.2, 0.25) is 0 Å². The molecule has 0 aromatic carbocycles. The Balaban J connectivity index is 2.05. The normalized spacial score (nSPS) is 15.0. The van der Waals surface area contributed by atoms with Crippen LogP contribution in [0.25, 0.3) is 0 Å². The molecule has 0 amide bonds. The van der Waals surface area contributed by atoms with E-state index in [-0.39, 0.29) is 11.6 Å². The van der Waals surface area contributed by atoms with Crippen LogP contribution in [0.1, 0.15) is 19.3 Å². The van der Waals surface area contributed by atoms with E-state index in [2.05, 4.69) is 15.5 Å². The van der Waals surface area contributed by atoms with Crippen molar-refractivity contribution in [3.63, 3.8) is 0 Å². The van der Waals surface area contributed by atoms with Gasteiger partial charge in [0.05, 0.1) is 0 Å². The van der Waals surface area contributed by atoms with E-state index in [1.807, 2.05) is 0 Å². The molecule has 1 N–H and O–H groups in total. The van der Waals surface area contributed by atoms with Gasteiger partial charge in [-0.1, -0.05) is 0 Å². The quantitative estimate of drug-likeness (QED) is 0.706. The number of aromatic nitrogens is 1. The molecule has 1 aliphatic rings. The second-order valence-corrected chi connectivity index (χ2v) is 2.98. The Morgan fingerprint density at radius 2 is 2.31 bits per heavy atom. The lowest BCUT2D eigenvalue weighted by Crippen LogP contribution is -2.12. The third-order valence-electron chi connectivity index (χ3n) is 2.01. The second-order valence-electron chi connectivity index (χ2n) is 2.98. The monoisotopic (exact) mass is 179 g/mol. The lowest BCUT2D eigenvalue weighted by Gasteiger charge is -2.14. The maximum absolute atomic E-state index is 13.0. The van der Waals surface area contributed by atoms with Crippen molar-refractivity contribution in [2.75, 3.05) is 5.43 Å². The fraction of sp³-hybridized carbons (Fsp3) is 0.333. The highest BCUT2D eigenvalue weighted by atomic mass is 19.1. The minimum Gasteiger partial charge on any atom is -0.259 e. The van der Waals surface area contributed by atoms with Crippen molar-refractivity contribution in [1.82, 2.24) is 4.98 Å². The summed E-state index contributed by atoms with van der Waals surface area (Å²) in [5.74, 6) is -0.173. The van der Waals surface area contributed by atoms with Gasteiger partial charge in [-0.15, -0.1) is 0 Å². The molecule has 1 aliphatic carbocycles. The van der Waals surface area contributed by atoms with E-state index in [9.17, 15) is 4.39 Å². The van der Waals surface area contributed by atoms with E-state index in [1.165, 1.54) is 18.7 Å². The van der Waals surface area contributed by atoms with Crippen LogP contribution in [0.3, 0.4) is 0 Å². The van der Waals surface area contributed by atoms with Gasteiger partial charge >= 0.3 is 0 Å². The zero-order valence-electron chi connectivity index (χ0n) is 7.13. The first-order valence-corrected chi connectivity index (χ1v) is 4.28. The summed E-state index contributed by atoms with van der Waals surface area (Å²) in [4.78, 5) is 3.82. The molecule has 2 rings (SSSR count). The van der Waals surface area contributed by atoms with E-state index in [0.29, 0.717) is 0 Å².